The summed E-state index contributed by atoms with van der Waals surface area (Å²) in [7, 11) is 0. The van der Waals surface area contributed by atoms with Gasteiger partial charge in [-0.15, -0.1) is 12.4 Å². The zero-order valence-corrected chi connectivity index (χ0v) is 9.21. The van der Waals surface area contributed by atoms with Crippen molar-refractivity contribution in [1.82, 2.24) is 0 Å². The summed E-state index contributed by atoms with van der Waals surface area (Å²) < 4.78 is 9.94. The van der Waals surface area contributed by atoms with Crippen molar-refractivity contribution in [3.63, 3.8) is 0 Å². The zero-order valence-electron chi connectivity index (χ0n) is 8.39. The first-order chi connectivity index (χ1) is 6.44. The van der Waals surface area contributed by atoms with Crippen molar-refractivity contribution in [3.8, 4) is 0 Å². The van der Waals surface area contributed by atoms with Crippen LogP contribution in [-0.4, -0.2) is 36.7 Å². The van der Waals surface area contributed by atoms with Gasteiger partial charge in [0.05, 0.1) is 13.2 Å². The Bertz CT molecular complexity index is 251. The zero-order chi connectivity index (χ0) is 10.8. The monoisotopic (exact) mass is 238 g/mol. The molecule has 0 aromatic rings. The Balaban J connectivity index is 0.00000196. The Hall–Kier alpha value is -0.850. The fourth-order valence-corrected chi connectivity index (χ4v) is 0.980. The van der Waals surface area contributed by atoms with E-state index in [0.29, 0.717) is 19.6 Å². The van der Waals surface area contributed by atoms with E-state index in [0.717, 1.165) is 0 Å². The number of hydrogen-bond acceptors (Lipinski definition) is 5. The molecule has 1 fully saturated rings. The van der Waals surface area contributed by atoms with Crippen LogP contribution in [0.15, 0.2) is 0 Å². The van der Waals surface area contributed by atoms with Gasteiger partial charge in [-0.1, -0.05) is 0 Å². The highest BCUT2D eigenvalue weighted by molar-refractivity contribution is 6.05. The number of hydrogen-bond donors (Lipinski definition) is 2. The number of halogens is 1. The minimum absolute atomic E-state index is 0. The highest BCUT2D eigenvalue weighted by atomic mass is 35.5. The van der Waals surface area contributed by atoms with Crippen molar-refractivity contribution in [3.05, 3.63) is 0 Å². The van der Waals surface area contributed by atoms with Crippen LogP contribution >= 0.6 is 12.4 Å². The average molecular weight is 239 g/mol. The average Bonchev–Trinajstić information content (AvgIpc) is 2.56. The minimum Gasteiger partial charge on any atom is -0.458 e. The maximum Gasteiger partial charge on any atom is 0.336 e. The molecule has 0 radical (unpaired) electrons. The minimum atomic E-state index is -1.76. The van der Waals surface area contributed by atoms with Crippen LogP contribution in [0.2, 0.25) is 0 Å². The number of amides is 1. The van der Waals surface area contributed by atoms with Crippen LogP contribution in [-0.2, 0) is 19.1 Å². The highest BCUT2D eigenvalue weighted by Gasteiger charge is 2.38. The van der Waals surface area contributed by atoms with E-state index in [-0.39, 0.29) is 18.5 Å². The summed E-state index contributed by atoms with van der Waals surface area (Å²) in [6.07, 6.45) is 0.311. The molecule has 1 aliphatic rings. The molecule has 0 bridgehead atoms. The highest BCUT2D eigenvalue weighted by Crippen LogP contribution is 2.11. The van der Waals surface area contributed by atoms with Crippen LogP contribution in [0.3, 0.4) is 0 Å². The first-order valence-corrected chi connectivity index (χ1v) is 4.32. The Labute approximate surface area is 93.7 Å². The quantitative estimate of drug-likeness (QED) is 0.482. The normalized spacial score (nSPS) is 23.7. The standard InChI is InChI=1S/C8H14N2O4.ClH/c1-8(10,6(9)11)7(12)14-5-2-3-13-4-5;/h5H,2-4,10H2,1H3,(H2,9,11);1H/t5-,8+;/m0./s1. The predicted molar refractivity (Wildman–Crippen MR) is 54.4 cm³/mol. The number of rotatable bonds is 3. The molecule has 0 aliphatic carbocycles. The molecule has 0 unspecified atom stereocenters. The topological polar surface area (TPSA) is 105 Å². The van der Waals surface area contributed by atoms with Gasteiger partial charge in [0, 0.05) is 6.42 Å². The molecule has 2 atom stereocenters. The summed E-state index contributed by atoms with van der Waals surface area (Å²) in [6.45, 7) is 2.13. The van der Waals surface area contributed by atoms with Crippen LogP contribution in [0, 0.1) is 0 Å². The molecule has 1 aliphatic heterocycles. The third-order valence-electron chi connectivity index (χ3n) is 2.10. The number of nitrogens with two attached hydrogens (primary N) is 2. The number of primary amides is 1. The van der Waals surface area contributed by atoms with Crippen LogP contribution in [0.1, 0.15) is 13.3 Å². The van der Waals surface area contributed by atoms with Gasteiger partial charge in [0.25, 0.3) is 0 Å². The van der Waals surface area contributed by atoms with E-state index < -0.39 is 17.4 Å². The van der Waals surface area contributed by atoms with Gasteiger partial charge in [-0.25, -0.2) is 4.79 Å². The molecule has 1 rings (SSSR count). The Morgan fingerprint density at radius 3 is 2.53 bits per heavy atom. The molecule has 7 heteroatoms. The summed E-state index contributed by atoms with van der Waals surface area (Å²) in [6, 6.07) is 0. The maximum absolute atomic E-state index is 11.4. The summed E-state index contributed by atoms with van der Waals surface area (Å²) in [5, 5.41) is 0. The molecule has 1 amide bonds. The largest absolute Gasteiger partial charge is 0.458 e. The first kappa shape index (κ1) is 14.2. The van der Waals surface area contributed by atoms with Crippen LogP contribution in [0.4, 0.5) is 0 Å². The molecular weight excluding hydrogens is 224 g/mol. The van der Waals surface area contributed by atoms with Gasteiger partial charge in [-0.3, -0.25) is 4.79 Å². The second kappa shape index (κ2) is 5.29. The van der Waals surface area contributed by atoms with E-state index in [1.54, 1.807) is 0 Å². The van der Waals surface area contributed by atoms with Crippen molar-refractivity contribution < 1.29 is 19.1 Å². The molecule has 1 saturated heterocycles. The lowest BCUT2D eigenvalue weighted by molar-refractivity contribution is -0.157. The summed E-state index contributed by atoms with van der Waals surface area (Å²) in [5.74, 6) is -1.71. The molecule has 1 heterocycles. The van der Waals surface area contributed by atoms with Gasteiger partial charge in [-0.05, 0) is 6.92 Å². The van der Waals surface area contributed by atoms with E-state index >= 15 is 0 Å². The maximum atomic E-state index is 11.4. The molecule has 88 valence electrons. The summed E-state index contributed by atoms with van der Waals surface area (Å²) in [4.78, 5) is 22.2. The first-order valence-electron chi connectivity index (χ1n) is 4.32. The number of ether oxygens (including phenoxy) is 2. The Kier molecular flexibility index (Phi) is 4.99. The van der Waals surface area contributed by atoms with E-state index in [9.17, 15) is 9.59 Å². The second-order valence-electron chi connectivity index (χ2n) is 3.46. The molecule has 0 saturated carbocycles. The van der Waals surface area contributed by atoms with Crippen molar-refractivity contribution in [1.29, 1.82) is 0 Å². The van der Waals surface area contributed by atoms with E-state index in [1.807, 2.05) is 0 Å². The Morgan fingerprint density at radius 2 is 2.13 bits per heavy atom. The van der Waals surface area contributed by atoms with Crippen LogP contribution in [0.5, 0.6) is 0 Å². The van der Waals surface area contributed by atoms with E-state index in [4.69, 9.17) is 20.9 Å². The predicted octanol–water partition coefficient (Wildman–Crippen LogP) is -1.06. The third kappa shape index (κ3) is 3.33. The van der Waals surface area contributed by atoms with Crippen molar-refractivity contribution >= 4 is 24.3 Å². The van der Waals surface area contributed by atoms with Crippen molar-refractivity contribution in [2.45, 2.75) is 25.0 Å². The smallest absolute Gasteiger partial charge is 0.336 e. The molecule has 6 nitrogen and oxygen atoms in total. The number of esters is 1. The van der Waals surface area contributed by atoms with Gasteiger partial charge >= 0.3 is 5.97 Å². The van der Waals surface area contributed by atoms with Crippen molar-refractivity contribution in [2.24, 2.45) is 11.5 Å². The second-order valence-corrected chi connectivity index (χ2v) is 3.46. The van der Waals surface area contributed by atoms with Crippen LogP contribution < -0.4 is 11.5 Å². The van der Waals surface area contributed by atoms with Gasteiger partial charge in [0.2, 0.25) is 5.91 Å². The molecule has 0 aromatic heterocycles. The van der Waals surface area contributed by atoms with Gasteiger partial charge in [0.1, 0.15) is 6.10 Å². The molecule has 0 spiro atoms. The van der Waals surface area contributed by atoms with E-state index in [1.165, 1.54) is 6.92 Å². The summed E-state index contributed by atoms with van der Waals surface area (Å²) >= 11 is 0. The fraction of sp³-hybridized carbons (Fsp3) is 0.750. The fourth-order valence-electron chi connectivity index (χ4n) is 0.980. The third-order valence-corrected chi connectivity index (χ3v) is 2.10. The Morgan fingerprint density at radius 1 is 1.53 bits per heavy atom. The van der Waals surface area contributed by atoms with Crippen molar-refractivity contribution in [2.75, 3.05) is 13.2 Å². The lowest BCUT2D eigenvalue weighted by Gasteiger charge is -2.20. The van der Waals surface area contributed by atoms with Gasteiger partial charge in [0.15, 0.2) is 5.54 Å². The van der Waals surface area contributed by atoms with Gasteiger partial charge in [-0.2, -0.15) is 0 Å². The molecular formula is C8H15ClN2O4. The van der Waals surface area contributed by atoms with Crippen LogP contribution in [0.25, 0.3) is 0 Å². The lowest BCUT2D eigenvalue weighted by atomic mass is 10.0. The SMILES string of the molecule is C[C@@](N)(C(N)=O)C(=O)O[C@H]1CCOC1.Cl. The molecule has 4 N–H and O–H groups in total. The van der Waals surface area contributed by atoms with E-state index in [2.05, 4.69) is 0 Å². The van der Waals surface area contributed by atoms with Gasteiger partial charge < -0.3 is 20.9 Å². The summed E-state index contributed by atoms with van der Waals surface area (Å²) in [5.41, 5.74) is 8.58. The number of carbonyl (C=O) groups is 2. The molecule has 0 aromatic carbocycles. The lowest BCUT2D eigenvalue weighted by Crippen LogP contribution is -2.57. The molecule has 15 heavy (non-hydrogen) atoms. The number of carbonyl (C=O) groups excluding carboxylic acids is 2.